The van der Waals surface area contributed by atoms with Crippen LogP contribution in [-0.2, 0) is 4.74 Å². The van der Waals surface area contributed by atoms with E-state index in [-0.39, 0.29) is 17.2 Å². The highest BCUT2D eigenvalue weighted by molar-refractivity contribution is 5.97. The summed E-state index contributed by atoms with van der Waals surface area (Å²) in [5.41, 5.74) is 2.45. The molecule has 3 rings (SSSR count). The minimum Gasteiger partial charge on any atom is -0.495 e. The van der Waals surface area contributed by atoms with Crippen molar-refractivity contribution in [1.29, 1.82) is 0 Å². The second-order valence-electron chi connectivity index (χ2n) is 9.57. The van der Waals surface area contributed by atoms with Crippen molar-refractivity contribution in [1.82, 2.24) is 0 Å². The number of carbonyl (C=O) groups excluding carboxylic acids is 1. The van der Waals surface area contributed by atoms with Gasteiger partial charge in [0, 0.05) is 11.1 Å². The van der Waals surface area contributed by atoms with Gasteiger partial charge in [-0.15, -0.1) is 0 Å². The van der Waals surface area contributed by atoms with Crippen LogP contribution in [0, 0.1) is 18.8 Å². The highest BCUT2D eigenvalue weighted by Gasteiger charge is 2.32. The highest BCUT2D eigenvalue weighted by atomic mass is 16.6. The first kappa shape index (κ1) is 24.9. The molecule has 0 aliphatic carbocycles. The van der Waals surface area contributed by atoms with Crippen molar-refractivity contribution >= 4 is 5.97 Å². The fourth-order valence-corrected chi connectivity index (χ4v) is 4.00. The van der Waals surface area contributed by atoms with Crippen LogP contribution in [0.2, 0.25) is 0 Å². The quantitative estimate of drug-likeness (QED) is 0.455. The number of hydrogen-bond acceptors (Lipinski definition) is 6. The molecule has 0 radical (unpaired) electrons. The molecule has 1 aliphatic heterocycles. The van der Waals surface area contributed by atoms with Crippen LogP contribution in [-0.4, -0.2) is 24.8 Å². The summed E-state index contributed by atoms with van der Waals surface area (Å²) in [6.07, 6.45) is 0.124. The monoisotopic (exact) mass is 456 g/mol. The van der Waals surface area contributed by atoms with Crippen molar-refractivity contribution in [3.63, 3.8) is 0 Å². The van der Waals surface area contributed by atoms with E-state index in [1.54, 1.807) is 12.1 Å². The second-order valence-corrected chi connectivity index (χ2v) is 9.57. The maximum Gasteiger partial charge on any atom is 0.346 e. The van der Waals surface area contributed by atoms with Crippen molar-refractivity contribution in [2.45, 2.75) is 66.6 Å². The number of ether oxygens (including phenoxy) is 4. The molecule has 1 N–H and O–H groups in total. The molecule has 6 heteroatoms. The van der Waals surface area contributed by atoms with Gasteiger partial charge in [-0.25, -0.2) is 4.79 Å². The Balaban J connectivity index is 2.11. The number of carbonyl (C=O) groups is 1. The number of aryl methyl sites for hydroxylation is 1. The van der Waals surface area contributed by atoms with E-state index in [4.69, 9.17) is 18.9 Å². The van der Waals surface area contributed by atoms with Gasteiger partial charge >= 0.3 is 5.97 Å². The predicted molar refractivity (Wildman–Crippen MR) is 127 cm³/mol. The van der Waals surface area contributed by atoms with E-state index >= 15 is 0 Å². The van der Waals surface area contributed by atoms with E-state index in [1.165, 1.54) is 7.11 Å². The van der Waals surface area contributed by atoms with Gasteiger partial charge in [-0.05, 0) is 68.4 Å². The third-order valence-corrected chi connectivity index (χ3v) is 5.73. The average molecular weight is 457 g/mol. The zero-order chi connectivity index (χ0) is 24.3. The lowest BCUT2D eigenvalue weighted by molar-refractivity contribution is 0.0315. The Morgan fingerprint density at radius 1 is 1.12 bits per heavy atom. The van der Waals surface area contributed by atoms with Gasteiger partial charge in [-0.2, -0.15) is 0 Å². The van der Waals surface area contributed by atoms with Crippen LogP contribution >= 0.6 is 0 Å². The van der Waals surface area contributed by atoms with Crippen LogP contribution < -0.4 is 14.2 Å². The van der Waals surface area contributed by atoms with Crippen LogP contribution in [0.3, 0.4) is 0 Å². The molecule has 0 amide bonds. The summed E-state index contributed by atoms with van der Waals surface area (Å²) >= 11 is 0. The van der Waals surface area contributed by atoms with E-state index in [9.17, 15) is 9.90 Å². The molecule has 0 spiro atoms. The lowest BCUT2D eigenvalue weighted by Crippen LogP contribution is -2.17. The molecule has 33 heavy (non-hydrogen) atoms. The molecule has 180 valence electrons. The Labute approximate surface area is 196 Å². The van der Waals surface area contributed by atoms with Gasteiger partial charge in [0.25, 0.3) is 0 Å². The molecule has 2 aromatic rings. The number of fused-ring (bicyclic) bond motifs is 2. The standard InChI is InChI=1S/C27H36O6/c1-15(2)10-11-31-23-14-17(5)13-20-18(6)32-27(29)24-22(33-25(20)23)9-8-19(26(24)30-7)21(28)12-16(3)4/h8-9,13-16,18,21,28H,10-12H2,1-7H3/t18?,21-/m0/s1. The minimum atomic E-state index is -0.772. The smallest absolute Gasteiger partial charge is 0.346 e. The number of esters is 1. The van der Waals surface area contributed by atoms with Crippen LogP contribution in [0.25, 0.3) is 0 Å². The Morgan fingerprint density at radius 2 is 1.85 bits per heavy atom. The van der Waals surface area contributed by atoms with Crippen LogP contribution in [0.1, 0.15) is 86.7 Å². The number of benzene rings is 2. The molecule has 1 heterocycles. The Bertz CT molecular complexity index is 995. The zero-order valence-electron chi connectivity index (χ0n) is 20.7. The third-order valence-electron chi connectivity index (χ3n) is 5.73. The highest BCUT2D eigenvalue weighted by Crippen LogP contribution is 2.47. The van der Waals surface area contributed by atoms with Crippen molar-refractivity contribution in [2.24, 2.45) is 11.8 Å². The maximum absolute atomic E-state index is 13.2. The molecular formula is C27H36O6. The van der Waals surface area contributed by atoms with Gasteiger partial charge in [0.2, 0.25) is 0 Å². The molecule has 0 saturated heterocycles. The first-order valence-corrected chi connectivity index (χ1v) is 11.7. The molecule has 0 aromatic heterocycles. The number of aliphatic hydroxyl groups is 1. The molecule has 0 bridgehead atoms. The van der Waals surface area contributed by atoms with Gasteiger partial charge in [-0.1, -0.05) is 27.7 Å². The number of cyclic esters (lactones) is 1. The zero-order valence-corrected chi connectivity index (χ0v) is 20.7. The van der Waals surface area contributed by atoms with Crippen LogP contribution in [0.5, 0.6) is 23.0 Å². The van der Waals surface area contributed by atoms with E-state index in [2.05, 4.69) is 13.8 Å². The molecule has 0 fully saturated rings. The third kappa shape index (κ3) is 5.61. The van der Waals surface area contributed by atoms with Gasteiger partial charge in [0.15, 0.2) is 11.5 Å². The summed E-state index contributed by atoms with van der Waals surface area (Å²) in [7, 11) is 1.48. The molecule has 2 atom stereocenters. The number of methoxy groups -OCH3 is 1. The number of aliphatic hydroxyl groups excluding tert-OH is 1. The van der Waals surface area contributed by atoms with Gasteiger partial charge in [0.05, 0.1) is 19.8 Å². The first-order chi connectivity index (χ1) is 15.6. The van der Waals surface area contributed by atoms with Crippen LogP contribution in [0.4, 0.5) is 0 Å². The summed E-state index contributed by atoms with van der Waals surface area (Å²) in [5, 5.41) is 10.7. The van der Waals surface area contributed by atoms with E-state index in [0.717, 1.165) is 17.5 Å². The molecule has 2 aromatic carbocycles. The lowest BCUT2D eigenvalue weighted by atomic mass is 9.96. The summed E-state index contributed by atoms with van der Waals surface area (Å²) in [6.45, 7) is 12.7. The van der Waals surface area contributed by atoms with Crippen molar-refractivity contribution in [3.8, 4) is 23.0 Å². The molecule has 0 saturated carbocycles. The normalized spacial score (nSPS) is 16.3. The van der Waals surface area contributed by atoms with E-state index in [0.29, 0.717) is 41.8 Å². The fraction of sp³-hybridized carbons (Fsp3) is 0.519. The Morgan fingerprint density at radius 3 is 2.48 bits per heavy atom. The average Bonchev–Trinajstić information content (AvgIpc) is 2.72. The number of rotatable bonds is 8. The molecule has 6 nitrogen and oxygen atoms in total. The predicted octanol–water partition coefficient (Wildman–Crippen LogP) is 6.53. The number of hydrogen-bond donors (Lipinski definition) is 1. The lowest BCUT2D eigenvalue weighted by Gasteiger charge is -2.27. The molecular weight excluding hydrogens is 420 g/mol. The van der Waals surface area contributed by atoms with Gasteiger partial charge in [-0.3, -0.25) is 0 Å². The second kappa shape index (κ2) is 10.5. The van der Waals surface area contributed by atoms with Crippen molar-refractivity contribution in [3.05, 3.63) is 46.5 Å². The Kier molecular flexibility index (Phi) is 7.90. The molecule has 1 aliphatic rings. The van der Waals surface area contributed by atoms with Crippen molar-refractivity contribution in [2.75, 3.05) is 13.7 Å². The topological polar surface area (TPSA) is 74.2 Å². The van der Waals surface area contributed by atoms with Gasteiger partial charge in [0.1, 0.15) is 23.2 Å². The van der Waals surface area contributed by atoms with E-state index < -0.39 is 18.2 Å². The SMILES string of the molecule is COc1c([C@@H](O)CC(C)C)ccc2c1C(=O)OC(C)c1cc(C)cc(OCCC(C)C)c1O2. The minimum absolute atomic E-state index is 0.170. The van der Waals surface area contributed by atoms with Crippen LogP contribution in [0.15, 0.2) is 24.3 Å². The van der Waals surface area contributed by atoms with Gasteiger partial charge < -0.3 is 24.1 Å². The maximum atomic E-state index is 13.2. The summed E-state index contributed by atoms with van der Waals surface area (Å²) < 4.78 is 23.9. The largest absolute Gasteiger partial charge is 0.495 e. The fourth-order valence-electron chi connectivity index (χ4n) is 4.00. The summed E-state index contributed by atoms with van der Waals surface area (Å²) in [4.78, 5) is 13.2. The summed E-state index contributed by atoms with van der Waals surface area (Å²) in [6, 6.07) is 7.32. The van der Waals surface area contributed by atoms with Crippen molar-refractivity contribution < 1.29 is 28.8 Å². The summed E-state index contributed by atoms with van der Waals surface area (Å²) in [5.74, 6) is 1.96. The van der Waals surface area contributed by atoms with E-state index in [1.807, 2.05) is 39.8 Å². The molecule has 1 unspecified atom stereocenters. The Hall–Kier alpha value is -2.73. The first-order valence-electron chi connectivity index (χ1n) is 11.7.